The zero-order valence-corrected chi connectivity index (χ0v) is 5.36. The fraction of sp³-hybridized carbons (Fsp3) is 0.500. The van der Waals surface area contributed by atoms with Gasteiger partial charge in [-0.25, -0.2) is 0 Å². The van der Waals surface area contributed by atoms with E-state index in [4.69, 9.17) is 9.90 Å². The quantitative estimate of drug-likeness (QED) is 0.326. The Balaban J connectivity index is -0.0000000150. The van der Waals surface area contributed by atoms with E-state index in [2.05, 4.69) is 0 Å². The van der Waals surface area contributed by atoms with E-state index in [1.165, 1.54) is 0 Å². The first kappa shape index (κ1) is 15.9. The number of hydrogen-bond donors (Lipinski definition) is 1. The van der Waals surface area contributed by atoms with Gasteiger partial charge in [-0.05, 0) is 11.0 Å². The van der Waals surface area contributed by atoms with Gasteiger partial charge < -0.3 is 6.53 Å². The van der Waals surface area contributed by atoms with E-state index >= 15 is 0 Å². The summed E-state index contributed by atoms with van der Waals surface area (Å²) < 4.78 is 0. The molecule has 0 fully saturated rings. The normalized spacial score (nSPS) is 4.17. The van der Waals surface area contributed by atoms with Gasteiger partial charge in [-0.3, -0.25) is 4.79 Å². The molecule has 0 radical (unpaired) electrons. The van der Waals surface area contributed by atoms with Crippen molar-refractivity contribution < 1.29 is 40.9 Å². The third-order valence-electron chi connectivity index (χ3n) is 0. The van der Waals surface area contributed by atoms with Crippen molar-refractivity contribution in [1.29, 1.82) is 0 Å². The van der Waals surface area contributed by atoms with Crippen molar-refractivity contribution in [2.24, 2.45) is 0 Å². The molecular weight excluding hydrogens is 107 g/mol. The minimum atomic E-state index is -0.833. The molecule has 0 heterocycles. The Bertz CT molecular complexity index is 38.7. The molecule has 0 aliphatic carbocycles. The Morgan fingerprint density at radius 2 is 1.83 bits per heavy atom. The van der Waals surface area contributed by atoms with Crippen molar-refractivity contribution >= 4 is 16.9 Å². The van der Waals surface area contributed by atoms with Crippen LogP contribution < -0.4 is 29.6 Å². The van der Waals surface area contributed by atoms with Crippen LogP contribution in [-0.2, 0) is 4.79 Å². The summed E-state index contributed by atoms with van der Waals surface area (Å²) >= 11 is 0. The maximum atomic E-state index is 9.00. The van der Waals surface area contributed by atoms with Crippen molar-refractivity contribution in [2.75, 3.05) is 0 Å². The van der Waals surface area contributed by atoms with Crippen LogP contribution in [-0.4, -0.2) is 22.0 Å². The molecule has 0 amide bonds. The second kappa shape index (κ2) is 9.19. The van der Waals surface area contributed by atoms with Crippen LogP contribution in [0.1, 0.15) is 8.35 Å². The van der Waals surface area contributed by atoms with Gasteiger partial charge in [0.25, 0.3) is 5.97 Å². The first-order valence-electron chi connectivity index (χ1n) is 0.928. The second-order valence-corrected chi connectivity index (χ2v) is 0.519. The van der Waals surface area contributed by atoms with Crippen molar-refractivity contribution in [3.63, 3.8) is 0 Å². The molecule has 0 rings (SSSR count). The van der Waals surface area contributed by atoms with Gasteiger partial charge in [0, 0.05) is 6.92 Å². The number of hydrogen-bond acceptors (Lipinski definition) is 1. The van der Waals surface area contributed by atoms with Gasteiger partial charge in [-0.15, -0.1) is 0 Å². The Morgan fingerprint density at radius 1 is 1.83 bits per heavy atom. The van der Waals surface area contributed by atoms with E-state index in [-0.39, 0.29) is 41.9 Å². The minimum absolute atomic E-state index is 0. The van der Waals surface area contributed by atoms with Gasteiger partial charge >= 0.3 is 29.6 Å². The summed E-state index contributed by atoms with van der Waals surface area (Å²) in [4.78, 5) is 9.00. The van der Waals surface area contributed by atoms with Crippen LogP contribution in [0.15, 0.2) is 0 Å². The zero-order valence-electron chi connectivity index (χ0n) is 4.36. The van der Waals surface area contributed by atoms with E-state index in [1.54, 1.807) is 0 Å². The fourth-order valence-electron chi connectivity index (χ4n) is 0. The van der Waals surface area contributed by atoms with Gasteiger partial charge in [-0.2, -0.15) is 0 Å². The van der Waals surface area contributed by atoms with Gasteiger partial charge in [0.2, 0.25) is 0 Å². The molecule has 0 bridgehead atoms. The van der Waals surface area contributed by atoms with Gasteiger partial charge in [0.05, 0.1) is 0 Å². The van der Waals surface area contributed by atoms with Gasteiger partial charge in [-0.1, -0.05) is 0 Å². The van der Waals surface area contributed by atoms with Crippen LogP contribution in [0, 0.1) is 0 Å². The molecule has 1 N–H and O–H groups in total. The molecule has 0 saturated heterocycles. The summed E-state index contributed by atoms with van der Waals surface area (Å²) in [6.45, 7) is 1.08. The molecule has 0 aliphatic rings. The molecule has 0 aromatic carbocycles. The first-order chi connectivity index (χ1) is 1.73. The average Bonchev–Trinajstić information content (AvgIpc) is 0.811. The molecule has 0 saturated carbocycles. The summed E-state index contributed by atoms with van der Waals surface area (Å²) in [6.07, 6.45) is 0. The molecule has 0 aliphatic heterocycles. The molecule has 2 nitrogen and oxygen atoms in total. The maximum absolute atomic E-state index is 9.00. The summed E-state index contributed by atoms with van der Waals surface area (Å²) in [5.74, 6) is -0.833. The van der Waals surface area contributed by atoms with Crippen LogP contribution in [0.4, 0.5) is 0 Å². The Labute approximate surface area is 64.7 Å². The van der Waals surface area contributed by atoms with Gasteiger partial charge in [0.1, 0.15) is 0 Å². The van der Waals surface area contributed by atoms with E-state index in [9.17, 15) is 0 Å². The Morgan fingerprint density at radius 3 is 1.83 bits per heavy atom. The van der Waals surface area contributed by atoms with Crippen LogP contribution in [0.25, 0.3) is 0 Å². The van der Waals surface area contributed by atoms with Crippen LogP contribution >= 0.6 is 0 Å². The SMILES string of the molecule is CC(=O)O.[H-].[Na+].[SiH4]. The summed E-state index contributed by atoms with van der Waals surface area (Å²) in [5.41, 5.74) is 0. The molecule has 6 heavy (non-hydrogen) atoms. The predicted octanol–water partition coefficient (Wildman–Crippen LogP) is -4.24. The van der Waals surface area contributed by atoms with Crippen LogP contribution in [0.5, 0.6) is 0 Å². The molecule has 0 aromatic heterocycles. The van der Waals surface area contributed by atoms with Crippen molar-refractivity contribution in [1.82, 2.24) is 0 Å². The van der Waals surface area contributed by atoms with Crippen LogP contribution in [0.3, 0.4) is 0 Å². The number of carbonyl (C=O) groups is 1. The molecule has 0 atom stereocenters. The molecule has 34 valence electrons. The topological polar surface area (TPSA) is 37.3 Å². The summed E-state index contributed by atoms with van der Waals surface area (Å²) in [7, 11) is 0. The van der Waals surface area contributed by atoms with Crippen LogP contribution in [0.2, 0.25) is 0 Å². The number of aliphatic carboxylic acids is 1. The summed E-state index contributed by atoms with van der Waals surface area (Å²) in [6, 6.07) is 0. The summed E-state index contributed by atoms with van der Waals surface area (Å²) in [5, 5.41) is 7.42. The average molecular weight is 116 g/mol. The van der Waals surface area contributed by atoms with Crippen molar-refractivity contribution in [3.8, 4) is 0 Å². The molecule has 0 spiro atoms. The fourth-order valence-corrected chi connectivity index (χ4v) is 0. The predicted molar refractivity (Wildman–Crippen MR) is 25.8 cm³/mol. The molecule has 0 aromatic rings. The van der Waals surface area contributed by atoms with Crippen molar-refractivity contribution in [3.05, 3.63) is 0 Å². The Kier molecular flexibility index (Phi) is 24.4. The van der Waals surface area contributed by atoms with Gasteiger partial charge in [0.15, 0.2) is 0 Å². The number of carboxylic acid groups (broad SMARTS) is 1. The first-order valence-corrected chi connectivity index (χ1v) is 0.928. The third-order valence-corrected chi connectivity index (χ3v) is 0. The second-order valence-electron chi connectivity index (χ2n) is 0.519. The molecular formula is C2H9NaO2Si. The molecule has 4 heteroatoms. The van der Waals surface area contributed by atoms with Crippen molar-refractivity contribution in [2.45, 2.75) is 6.92 Å². The Hall–Kier alpha value is 0.687. The number of carboxylic acids is 1. The number of rotatable bonds is 0. The minimum Gasteiger partial charge on any atom is -1.00 e. The monoisotopic (exact) mass is 116 g/mol. The standard InChI is InChI=1S/C2H4O2.Na.H4Si.H/c1-2(3)4;;;/h1H3,(H,3,4);;1H4;/q;+1;;-1. The maximum Gasteiger partial charge on any atom is 1.00 e. The molecule has 0 unspecified atom stereocenters. The largest absolute Gasteiger partial charge is 1.00 e. The smallest absolute Gasteiger partial charge is 1.00 e. The zero-order chi connectivity index (χ0) is 3.58. The van der Waals surface area contributed by atoms with E-state index < -0.39 is 5.97 Å². The third kappa shape index (κ3) is 135. The van der Waals surface area contributed by atoms with E-state index in [0.29, 0.717) is 0 Å². The van der Waals surface area contributed by atoms with E-state index in [0.717, 1.165) is 6.92 Å². The van der Waals surface area contributed by atoms with E-state index in [1.807, 2.05) is 0 Å².